The number of aryl methyl sites for hydroxylation is 2. The van der Waals surface area contributed by atoms with Gasteiger partial charge in [0.25, 0.3) is 0 Å². The fraction of sp³-hybridized carbons (Fsp3) is 0.438. The fourth-order valence-electron chi connectivity index (χ4n) is 2.46. The third-order valence-corrected chi connectivity index (χ3v) is 4.88. The molecule has 0 unspecified atom stereocenters. The van der Waals surface area contributed by atoms with Crippen LogP contribution in [0.1, 0.15) is 23.9 Å². The van der Waals surface area contributed by atoms with E-state index in [9.17, 15) is 4.39 Å². The van der Waals surface area contributed by atoms with Crippen LogP contribution in [-0.2, 0) is 25.3 Å². The molecular weight excluding hydrogens is 310 g/mol. The van der Waals surface area contributed by atoms with Crippen molar-refractivity contribution in [2.24, 2.45) is 7.05 Å². The van der Waals surface area contributed by atoms with Crippen LogP contribution in [0.3, 0.4) is 0 Å². The van der Waals surface area contributed by atoms with Crippen LogP contribution in [0.5, 0.6) is 0 Å². The molecule has 2 nitrogen and oxygen atoms in total. The monoisotopic (exact) mass is 328 g/mol. The zero-order valence-electron chi connectivity index (χ0n) is 12.2. The molecule has 1 aromatic carbocycles. The molecule has 0 aliphatic carbocycles. The quantitative estimate of drug-likeness (QED) is 0.730. The second-order valence-electron chi connectivity index (χ2n) is 5.34. The lowest BCUT2D eigenvalue weighted by molar-refractivity contribution is 0.505. The van der Waals surface area contributed by atoms with Gasteiger partial charge >= 0.3 is 0 Å². The molecule has 1 heterocycles. The van der Waals surface area contributed by atoms with Crippen LogP contribution in [0.2, 0.25) is 0 Å². The van der Waals surface area contributed by atoms with Crippen molar-refractivity contribution in [3.8, 4) is 0 Å². The zero-order valence-corrected chi connectivity index (χ0v) is 13.8. The van der Waals surface area contributed by atoms with Crippen molar-refractivity contribution >= 4 is 23.2 Å². The Bertz CT molecular complexity index is 606. The summed E-state index contributed by atoms with van der Waals surface area (Å²) in [6.07, 6.45) is 1.51. The Kier molecular flexibility index (Phi) is 5.28. The third-order valence-electron chi connectivity index (χ3n) is 3.86. The molecule has 0 amide bonds. The van der Waals surface area contributed by atoms with Crippen molar-refractivity contribution in [1.82, 2.24) is 9.78 Å². The first-order valence-electron chi connectivity index (χ1n) is 6.94. The van der Waals surface area contributed by atoms with E-state index < -0.39 is 5.41 Å². The zero-order chi connectivity index (χ0) is 15.5. The minimum Gasteiger partial charge on any atom is -0.272 e. The van der Waals surface area contributed by atoms with Crippen LogP contribution in [0.15, 0.2) is 30.3 Å². The average Bonchev–Trinajstić information content (AvgIpc) is 2.85. The Morgan fingerprint density at radius 2 is 1.95 bits per heavy atom. The summed E-state index contributed by atoms with van der Waals surface area (Å²) < 4.78 is 15.4. The first-order chi connectivity index (χ1) is 10.0. The molecule has 5 heteroatoms. The van der Waals surface area contributed by atoms with Crippen molar-refractivity contribution in [2.45, 2.75) is 25.2 Å². The largest absolute Gasteiger partial charge is 0.272 e. The van der Waals surface area contributed by atoms with E-state index in [4.69, 9.17) is 23.2 Å². The summed E-state index contributed by atoms with van der Waals surface area (Å²) in [6, 6.07) is 8.58. The number of halogens is 3. The number of benzene rings is 1. The molecule has 0 spiro atoms. The smallest absolute Gasteiger partial charge is 0.123 e. The second-order valence-corrected chi connectivity index (χ2v) is 5.87. The molecule has 0 saturated heterocycles. The molecule has 0 aliphatic rings. The van der Waals surface area contributed by atoms with Crippen molar-refractivity contribution in [2.75, 3.05) is 11.8 Å². The van der Waals surface area contributed by atoms with Gasteiger partial charge in [0.1, 0.15) is 5.82 Å². The maximum Gasteiger partial charge on any atom is 0.123 e. The van der Waals surface area contributed by atoms with Crippen LogP contribution in [0.4, 0.5) is 4.39 Å². The lowest BCUT2D eigenvalue weighted by Gasteiger charge is -2.30. The Balaban J connectivity index is 2.40. The molecule has 0 aliphatic heterocycles. The predicted octanol–water partition coefficient (Wildman–Crippen LogP) is 4.08. The van der Waals surface area contributed by atoms with E-state index in [2.05, 4.69) is 18.1 Å². The highest BCUT2D eigenvalue weighted by atomic mass is 35.5. The van der Waals surface area contributed by atoms with Crippen LogP contribution < -0.4 is 0 Å². The Hall–Kier alpha value is -1.06. The summed E-state index contributed by atoms with van der Waals surface area (Å²) >= 11 is 12.4. The van der Waals surface area contributed by atoms with Gasteiger partial charge in [0, 0.05) is 36.3 Å². The number of nitrogens with zero attached hydrogens (tertiary/aromatic N) is 2. The van der Waals surface area contributed by atoms with Crippen molar-refractivity contribution < 1.29 is 4.39 Å². The summed E-state index contributed by atoms with van der Waals surface area (Å²) in [5.74, 6) is 0.380. The first-order valence-corrected chi connectivity index (χ1v) is 8.01. The van der Waals surface area contributed by atoms with E-state index in [0.29, 0.717) is 18.2 Å². The van der Waals surface area contributed by atoms with Gasteiger partial charge in [-0.25, -0.2) is 4.39 Å². The van der Waals surface area contributed by atoms with Crippen molar-refractivity contribution in [1.29, 1.82) is 0 Å². The van der Waals surface area contributed by atoms with Crippen LogP contribution in [0, 0.1) is 5.82 Å². The third kappa shape index (κ3) is 3.41. The lowest BCUT2D eigenvalue weighted by Crippen LogP contribution is -2.34. The molecule has 0 saturated carbocycles. The van der Waals surface area contributed by atoms with E-state index in [1.54, 1.807) is 6.07 Å². The molecular formula is C16H19Cl2FN2. The van der Waals surface area contributed by atoms with Gasteiger partial charge in [0.05, 0.1) is 5.69 Å². The van der Waals surface area contributed by atoms with Crippen molar-refractivity contribution in [3.63, 3.8) is 0 Å². The highest BCUT2D eigenvalue weighted by Gasteiger charge is 2.32. The molecule has 0 bridgehead atoms. The minimum absolute atomic E-state index is 0.272. The molecule has 0 radical (unpaired) electrons. The van der Waals surface area contributed by atoms with E-state index in [0.717, 1.165) is 23.4 Å². The van der Waals surface area contributed by atoms with E-state index in [-0.39, 0.29) is 5.82 Å². The highest BCUT2D eigenvalue weighted by Crippen LogP contribution is 2.32. The van der Waals surface area contributed by atoms with E-state index >= 15 is 0 Å². The number of aromatic nitrogens is 2. The number of hydrogen-bond acceptors (Lipinski definition) is 1. The van der Waals surface area contributed by atoms with Crippen LogP contribution in [0.25, 0.3) is 0 Å². The van der Waals surface area contributed by atoms with E-state index in [1.807, 2.05) is 17.8 Å². The van der Waals surface area contributed by atoms with Crippen molar-refractivity contribution in [3.05, 3.63) is 53.1 Å². The summed E-state index contributed by atoms with van der Waals surface area (Å²) in [5.41, 5.74) is 2.42. The van der Waals surface area contributed by atoms with Crippen LogP contribution >= 0.6 is 23.2 Å². The molecule has 0 N–H and O–H groups in total. The molecule has 2 rings (SSSR count). The maximum atomic E-state index is 13.5. The van der Waals surface area contributed by atoms with Gasteiger partial charge in [0.2, 0.25) is 0 Å². The van der Waals surface area contributed by atoms with Gasteiger partial charge < -0.3 is 0 Å². The van der Waals surface area contributed by atoms with Gasteiger partial charge in [-0.3, -0.25) is 4.68 Å². The number of rotatable bonds is 6. The minimum atomic E-state index is -0.496. The number of hydrogen-bond donors (Lipinski definition) is 0. The molecule has 0 atom stereocenters. The molecule has 114 valence electrons. The first kappa shape index (κ1) is 16.3. The van der Waals surface area contributed by atoms with Gasteiger partial charge in [-0.15, -0.1) is 23.2 Å². The van der Waals surface area contributed by atoms with Gasteiger partial charge in [-0.1, -0.05) is 19.1 Å². The molecule has 21 heavy (non-hydrogen) atoms. The van der Waals surface area contributed by atoms with Gasteiger partial charge in [-0.05, 0) is 30.2 Å². The molecule has 0 fully saturated rings. The Morgan fingerprint density at radius 3 is 2.48 bits per heavy atom. The van der Waals surface area contributed by atoms with Gasteiger partial charge in [0.15, 0.2) is 0 Å². The maximum absolute atomic E-state index is 13.5. The van der Waals surface area contributed by atoms with E-state index in [1.165, 1.54) is 12.1 Å². The van der Waals surface area contributed by atoms with Gasteiger partial charge in [-0.2, -0.15) is 5.10 Å². The normalized spacial score (nSPS) is 11.9. The molecule has 1 aromatic heterocycles. The average molecular weight is 329 g/mol. The second kappa shape index (κ2) is 6.80. The summed E-state index contributed by atoms with van der Waals surface area (Å²) in [7, 11) is 1.91. The SMILES string of the molecule is CCc1cc(CC(CCl)(CCl)c2cccc(F)c2)n(C)n1. The Labute approximate surface area is 134 Å². The van der Waals surface area contributed by atoms with Crippen LogP contribution in [-0.4, -0.2) is 21.5 Å². The topological polar surface area (TPSA) is 17.8 Å². The predicted molar refractivity (Wildman–Crippen MR) is 85.8 cm³/mol. The summed E-state index contributed by atoms with van der Waals surface area (Å²) in [4.78, 5) is 0. The fourth-order valence-corrected chi connectivity index (χ4v) is 3.24. The number of alkyl halides is 2. The summed E-state index contributed by atoms with van der Waals surface area (Å²) in [6.45, 7) is 2.06. The summed E-state index contributed by atoms with van der Waals surface area (Å²) in [5, 5.41) is 4.45. The lowest BCUT2D eigenvalue weighted by atomic mass is 9.80. The highest BCUT2D eigenvalue weighted by molar-refractivity contribution is 6.22. The molecule has 2 aromatic rings. The Morgan fingerprint density at radius 1 is 1.24 bits per heavy atom. The standard InChI is InChI=1S/C16H19Cl2FN2/c1-3-14-8-15(21(2)20-14)9-16(10-17,11-18)12-5-4-6-13(19)7-12/h4-8H,3,9-11H2,1-2H3.